The molecule has 0 atom stereocenters. The van der Waals surface area contributed by atoms with E-state index in [4.69, 9.17) is 0 Å². The average Bonchev–Trinajstić information content (AvgIpc) is 3.25. The predicted octanol–water partition coefficient (Wildman–Crippen LogP) is 4.39. The summed E-state index contributed by atoms with van der Waals surface area (Å²) in [6.07, 6.45) is 3.38. The van der Waals surface area contributed by atoms with Crippen LogP contribution in [-0.4, -0.2) is 37.4 Å². The summed E-state index contributed by atoms with van der Waals surface area (Å²) in [6, 6.07) is 18.4. The third-order valence-electron chi connectivity index (χ3n) is 4.80. The number of aryl methyl sites for hydroxylation is 2. The van der Waals surface area contributed by atoms with Gasteiger partial charge in [0.05, 0.1) is 5.75 Å². The lowest BCUT2D eigenvalue weighted by Crippen LogP contribution is -2.35. The lowest BCUT2D eigenvalue weighted by molar-refractivity contribution is -0.117. The van der Waals surface area contributed by atoms with Crippen LogP contribution >= 0.6 is 11.8 Å². The highest BCUT2D eigenvalue weighted by Gasteiger charge is 2.18. The molecule has 4 aromatic rings. The Morgan fingerprint density at radius 2 is 1.73 bits per heavy atom. The number of urea groups is 1. The first kappa shape index (κ1) is 22.2. The average molecular weight is 459 g/mol. The Balaban J connectivity index is 1.46. The van der Waals surface area contributed by atoms with Crippen molar-refractivity contribution in [2.75, 3.05) is 11.1 Å². The fraction of sp³-hybridized carbons (Fsp3) is 0.125. The van der Waals surface area contributed by atoms with Gasteiger partial charge < -0.3 is 5.32 Å². The van der Waals surface area contributed by atoms with Gasteiger partial charge in [-0.1, -0.05) is 47.7 Å². The zero-order valence-electron chi connectivity index (χ0n) is 18.1. The first-order chi connectivity index (χ1) is 16.0. The molecule has 0 aliphatic carbocycles. The number of aromatic nitrogens is 4. The van der Waals surface area contributed by atoms with Crippen molar-refractivity contribution >= 4 is 29.4 Å². The van der Waals surface area contributed by atoms with Crippen LogP contribution in [0.4, 0.5) is 10.5 Å². The fourth-order valence-electron chi connectivity index (χ4n) is 3.26. The number of carbonyl (C=O) groups is 2. The molecule has 3 amide bonds. The van der Waals surface area contributed by atoms with Gasteiger partial charge in [0.2, 0.25) is 5.91 Å². The van der Waals surface area contributed by atoms with Crippen LogP contribution in [0.3, 0.4) is 0 Å². The zero-order chi connectivity index (χ0) is 23.2. The number of thioether (sulfide) groups is 1. The van der Waals surface area contributed by atoms with Crippen molar-refractivity contribution in [2.45, 2.75) is 19.0 Å². The van der Waals surface area contributed by atoms with Gasteiger partial charge in [0, 0.05) is 29.3 Å². The van der Waals surface area contributed by atoms with E-state index in [0.717, 1.165) is 22.4 Å². The Kier molecular flexibility index (Phi) is 6.80. The van der Waals surface area contributed by atoms with Crippen LogP contribution in [0.1, 0.15) is 11.1 Å². The second-order valence-electron chi connectivity index (χ2n) is 7.32. The zero-order valence-corrected chi connectivity index (χ0v) is 19.0. The van der Waals surface area contributed by atoms with E-state index in [9.17, 15) is 9.59 Å². The monoisotopic (exact) mass is 458 g/mol. The van der Waals surface area contributed by atoms with Gasteiger partial charge in [-0.05, 0) is 49.7 Å². The number of rotatable bonds is 6. The maximum atomic E-state index is 12.4. The van der Waals surface area contributed by atoms with Crippen LogP contribution in [0.25, 0.3) is 17.1 Å². The summed E-state index contributed by atoms with van der Waals surface area (Å²) in [5, 5.41) is 14.2. The molecule has 0 saturated carbocycles. The minimum absolute atomic E-state index is 0.00160. The molecule has 0 aliphatic heterocycles. The number of pyridine rings is 1. The maximum Gasteiger partial charge on any atom is 0.325 e. The summed E-state index contributed by atoms with van der Waals surface area (Å²) in [7, 11) is 0. The molecule has 2 aromatic carbocycles. The van der Waals surface area contributed by atoms with E-state index in [0.29, 0.717) is 16.7 Å². The number of carbonyl (C=O) groups excluding carboxylic acids is 2. The van der Waals surface area contributed by atoms with Gasteiger partial charge >= 0.3 is 6.03 Å². The number of nitrogens with zero attached hydrogens (tertiary/aromatic N) is 4. The second-order valence-corrected chi connectivity index (χ2v) is 8.26. The highest BCUT2D eigenvalue weighted by molar-refractivity contribution is 7.99. The van der Waals surface area contributed by atoms with Gasteiger partial charge in [0.25, 0.3) is 0 Å². The third-order valence-corrected chi connectivity index (χ3v) is 5.73. The van der Waals surface area contributed by atoms with Crippen LogP contribution < -0.4 is 10.6 Å². The van der Waals surface area contributed by atoms with Crippen molar-refractivity contribution in [2.24, 2.45) is 0 Å². The van der Waals surface area contributed by atoms with E-state index in [1.165, 1.54) is 11.8 Å². The molecule has 8 nitrogen and oxygen atoms in total. The quantitative estimate of drug-likeness (QED) is 0.416. The van der Waals surface area contributed by atoms with Gasteiger partial charge in [-0.25, -0.2) is 4.79 Å². The van der Waals surface area contributed by atoms with E-state index in [1.807, 2.05) is 79.1 Å². The van der Waals surface area contributed by atoms with Crippen molar-refractivity contribution in [1.82, 2.24) is 25.1 Å². The van der Waals surface area contributed by atoms with Crippen molar-refractivity contribution in [3.63, 3.8) is 0 Å². The van der Waals surface area contributed by atoms with Gasteiger partial charge in [-0.2, -0.15) is 0 Å². The Morgan fingerprint density at radius 1 is 0.970 bits per heavy atom. The second kappa shape index (κ2) is 10.1. The Bertz CT molecular complexity index is 1270. The largest absolute Gasteiger partial charge is 0.325 e. The third kappa shape index (κ3) is 5.45. The van der Waals surface area contributed by atoms with Crippen LogP contribution in [0.5, 0.6) is 0 Å². The summed E-state index contributed by atoms with van der Waals surface area (Å²) in [5.41, 5.74) is 4.39. The first-order valence-corrected chi connectivity index (χ1v) is 11.2. The molecular formula is C24H22N6O2S. The highest BCUT2D eigenvalue weighted by atomic mass is 32.2. The molecule has 9 heteroatoms. The number of hydrogen-bond acceptors (Lipinski definition) is 6. The molecule has 0 saturated heterocycles. The Morgan fingerprint density at radius 3 is 2.45 bits per heavy atom. The first-order valence-electron chi connectivity index (χ1n) is 10.2. The van der Waals surface area contributed by atoms with Crippen LogP contribution in [0, 0.1) is 13.8 Å². The molecule has 0 unspecified atom stereocenters. The number of imide groups is 1. The summed E-state index contributed by atoms with van der Waals surface area (Å²) in [4.78, 5) is 28.7. The summed E-state index contributed by atoms with van der Waals surface area (Å²) in [5.74, 6) is 0.205. The molecule has 2 N–H and O–H groups in total. The minimum atomic E-state index is -0.574. The molecule has 0 aliphatic rings. The summed E-state index contributed by atoms with van der Waals surface area (Å²) >= 11 is 1.20. The number of anilines is 1. The number of hydrogen-bond donors (Lipinski definition) is 2. The predicted molar refractivity (Wildman–Crippen MR) is 128 cm³/mol. The van der Waals surface area contributed by atoms with Crippen LogP contribution in [0.15, 0.2) is 78.2 Å². The molecule has 33 heavy (non-hydrogen) atoms. The van der Waals surface area contributed by atoms with Gasteiger partial charge in [-0.15, -0.1) is 10.2 Å². The molecule has 166 valence electrons. The van der Waals surface area contributed by atoms with E-state index in [1.54, 1.807) is 12.4 Å². The Hall–Kier alpha value is -3.98. The van der Waals surface area contributed by atoms with Crippen LogP contribution in [-0.2, 0) is 4.79 Å². The fourth-order valence-corrected chi connectivity index (χ4v) is 4.01. The molecule has 2 aromatic heterocycles. The number of benzene rings is 2. The van der Waals surface area contributed by atoms with E-state index >= 15 is 0 Å². The highest BCUT2D eigenvalue weighted by Crippen LogP contribution is 2.27. The lowest BCUT2D eigenvalue weighted by Gasteiger charge is -2.11. The van der Waals surface area contributed by atoms with E-state index in [-0.39, 0.29) is 5.75 Å². The summed E-state index contributed by atoms with van der Waals surface area (Å²) < 4.78 is 1.88. The SMILES string of the molecule is Cc1ccc(NC(=O)NC(=O)CSc2nnc(-c3ccncc3)n2-c2ccccc2)c(C)c1. The molecule has 0 spiro atoms. The topological polar surface area (TPSA) is 102 Å². The van der Waals surface area contributed by atoms with E-state index < -0.39 is 11.9 Å². The van der Waals surface area contributed by atoms with E-state index in [2.05, 4.69) is 25.8 Å². The number of amides is 3. The molecule has 0 fully saturated rings. The van der Waals surface area contributed by atoms with Crippen LogP contribution in [0.2, 0.25) is 0 Å². The number of nitrogens with one attached hydrogen (secondary N) is 2. The lowest BCUT2D eigenvalue weighted by atomic mass is 10.1. The Labute approximate surface area is 195 Å². The maximum absolute atomic E-state index is 12.4. The smallest absolute Gasteiger partial charge is 0.307 e. The van der Waals surface area contributed by atoms with Crippen molar-refractivity contribution < 1.29 is 9.59 Å². The van der Waals surface area contributed by atoms with Gasteiger partial charge in [-0.3, -0.25) is 19.7 Å². The minimum Gasteiger partial charge on any atom is -0.307 e. The molecular weight excluding hydrogens is 436 g/mol. The van der Waals surface area contributed by atoms with Gasteiger partial charge in [0.15, 0.2) is 11.0 Å². The normalized spacial score (nSPS) is 10.6. The van der Waals surface area contributed by atoms with Crippen molar-refractivity contribution in [1.29, 1.82) is 0 Å². The molecule has 0 radical (unpaired) electrons. The summed E-state index contributed by atoms with van der Waals surface area (Å²) in [6.45, 7) is 3.88. The standard InChI is InChI=1S/C24H22N6O2S/c1-16-8-9-20(17(2)14-16)26-23(32)27-21(31)15-33-24-29-28-22(18-10-12-25-13-11-18)30(24)19-6-4-3-5-7-19/h3-14H,15H2,1-2H3,(H2,26,27,31,32). The molecule has 4 rings (SSSR count). The van der Waals surface area contributed by atoms with Gasteiger partial charge in [0.1, 0.15) is 0 Å². The molecule has 2 heterocycles. The number of para-hydroxylation sites is 1. The van der Waals surface area contributed by atoms with Crippen molar-refractivity contribution in [3.05, 3.63) is 84.2 Å². The molecule has 0 bridgehead atoms. The van der Waals surface area contributed by atoms with Crippen molar-refractivity contribution in [3.8, 4) is 17.1 Å².